The maximum absolute atomic E-state index is 12.0. The molecule has 2 rings (SSSR count). The first-order valence-corrected chi connectivity index (χ1v) is 7.31. The van der Waals surface area contributed by atoms with E-state index in [4.69, 9.17) is 10.5 Å². The van der Waals surface area contributed by atoms with Crippen molar-refractivity contribution in [1.82, 2.24) is 5.32 Å². The predicted molar refractivity (Wildman–Crippen MR) is 77.9 cm³/mol. The molecular weight excluding hydrogens is 324 g/mol. The Balaban J connectivity index is 1.98. The van der Waals surface area contributed by atoms with E-state index in [0.29, 0.717) is 19.4 Å². The minimum Gasteiger partial charge on any atom is -0.368 e. The van der Waals surface area contributed by atoms with Gasteiger partial charge in [-0.25, -0.2) is 0 Å². The fourth-order valence-corrected chi connectivity index (χ4v) is 2.39. The maximum atomic E-state index is 12.0. The van der Waals surface area contributed by atoms with E-state index in [0.717, 1.165) is 16.5 Å². The van der Waals surface area contributed by atoms with E-state index in [1.807, 2.05) is 24.3 Å². The Morgan fingerprint density at radius 2 is 2.10 bits per heavy atom. The molecule has 1 aliphatic heterocycles. The highest BCUT2D eigenvalue weighted by Gasteiger charge is 2.27. The Morgan fingerprint density at radius 1 is 1.40 bits per heavy atom. The van der Waals surface area contributed by atoms with Crippen LogP contribution in [0.5, 0.6) is 0 Å². The number of carbonyl (C=O) groups is 2. The van der Waals surface area contributed by atoms with Crippen molar-refractivity contribution in [2.75, 3.05) is 6.61 Å². The van der Waals surface area contributed by atoms with Crippen molar-refractivity contribution in [2.24, 2.45) is 5.73 Å². The minimum absolute atomic E-state index is 0.261. The first-order chi connectivity index (χ1) is 9.56. The molecule has 5 nitrogen and oxygen atoms in total. The predicted octanol–water partition coefficient (Wildman–Crippen LogP) is 1.14. The molecule has 6 heteroatoms. The summed E-state index contributed by atoms with van der Waals surface area (Å²) in [7, 11) is 0. The average Bonchev–Trinajstić information content (AvgIpc) is 2.94. The number of primary amides is 1. The number of halogens is 1. The molecule has 1 aromatic rings. The van der Waals surface area contributed by atoms with Crippen molar-refractivity contribution < 1.29 is 14.3 Å². The lowest BCUT2D eigenvalue weighted by Gasteiger charge is -2.18. The van der Waals surface area contributed by atoms with Crippen LogP contribution in [0.2, 0.25) is 0 Å². The second-order valence-corrected chi connectivity index (χ2v) is 5.71. The molecule has 0 saturated carbocycles. The molecule has 1 aromatic carbocycles. The SMILES string of the molecule is NC(=O)[C@H](Cc1ccc(Br)cc1)NC(=O)[C@@H]1CCCO1. The molecule has 0 aromatic heterocycles. The van der Waals surface area contributed by atoms with Gasteiger partial charge in [-0.3, -0.25) is 9.59 Å². The number of amides is 2. The molecule has 0 aliphatic carbocycles. The monoisotopic (exact) mass is 340 g/mol. The zero-order chi connectivity index (χ0) is 14.5. The zero-order valence-corrected chi connectivity index (χ0v) is 12.6. The standard InChI is InChI=1S/C14H17BrN2O3/c15-10-5-3-9(4-6-10)8-11(13(16)18)17-14(19)12-2-1-7-20-12/h3-6,11-12H,1-2,7-8H2,(H2,16,18)(H,17,19)/t11-,12-/m0/s1. The third-order valence-electron chi connectivity index (χ3n) is 3.24. The number of carbonyl (C=O) groups excluding carboxylic acids is 2. The molecule has 3 N–H and O–H groups in total. The topological polar surface area (TPSA) is 81.4 Å². The average molecular weight is 341 g/mol. The normalized spacial score (nSPS) is 19.6. The smallest absolute Gasteiger partial charge is 0.249 e. The quantitative estimate of drug-likeness (QED) is 0.843. The van der Waals surface area contributed by atoms with Gasteiger partial charge in [-0.05, 0) is 30.5 Å². The number of nitrogens with two attached hydrogens (primary N) is 1. The Hall–Kier alpha value is -1.40. The van der Waals surface area contributed by atoms with Gasteiger partial charge in [-0.1, -0.05) is 28.1 Å². The molecule has 0 bridgehead atoms. The van der Waals surface area contributed by atoms with E-state index < -0.39 is 18.1 Å². The van der Waals surface area contributed by atoms with Crippen molar-refractivity contribution in [1.29, 1.82) is 0 Å². The molecule has 1 heterocycles. The van der Waals surface area contributed by atoms with Gasteiger partial charge in [-0.2, -0.15) is 0 Å². The van der Waals surface area contributed by atoms with Crippen LogP contribution >= 0.6 is 15.9 Å². The molecule has 2 atom stereocenters. The Bertz CT molecular complexity index is 484. The molecular formula is C14H17BrN2O3. The van der Waals surface area contributed by atoms with Gasteiger partial charge >= 0.3 is 0 Å². The fraction of sp³-hybridized carbons (Fsp3) is 0.429. The molecule has 0 radical (unpaired) electrons. The van der Waals surface area contributed by atoms with E-state index in [9.17, 15) is 9.59 Å². The Morgan fingerprint density at radius 3 is 2.65 bits per heavy atom. The van der Waals surface area contributed by atoms with E-state index in [1.54, 1.807) is 0 Å². The van der Waals surface area contributed by atoms with Gasteiger partial charge in [0.2, 0.25) is 11.8 Å². The first kappa shape index (κ1) is 15.0. The zero-order valence-electron chi connectivity index (χ0n) is 11.0. The lowest BCUT2D eigenvalue weighted by molar-refractivity contribution is -0.133. The molecule has 0 spiro atoms. The summed E-state index contributed by atoms with van der Waals surface area (Å²) in [6.07, 6.45) is 1.48. The van der Waals surface area contributed by atoms with Gasteiger partial charge in [0.05, 0.1) is 0 Å². The fourth-order valence-electron chi connectivity index (χ4n) is 2.13. The van der Waals surface area contributed by atoms with E-state index in [-0.39, 0.29) is 5.91 Å². The Kier molecular flexibility index (Phi) is 5.14. The van der Waals surface area contributed by atoms with Crippen LogP contribution in [0.15, 0.2) is 28.7 Å². The van der Waals surface area contributed by atoms with Crippen LogP contribution in [0, 0.1) is 0 Å². The van der Waals surface area contributed by atoms with Crippen molar-refractivity contribution >= 4 is 27.7 Å². The summed E-state index contributed by atoms with van der Waals surface area (Å²) >= 11 is 3.35. The number of hydrogen-bond acceptors (Lipinski definition) is 3. The highest BCUT2D eigenvalue weighted by Crippen LogP contribution is 2.14. The highest BCUT2D eigenvalue weighted by atomic mass is 79.9. The first-order valence-electron chi connectivity index (χ1n) is 6.52. The van der Waals surface area contributed by atoms with Crippen molar-refractivity contribution in [2.45, 2.75) is 31.4 Å². The number of nitrogens with one attached hydrogen (secondary N) is 1. The molecule has 0 unspecified atom stereocenters. The van der Waals surface area contributed by atoms with Crippen molar-refractivity contribution in [3.63, 3.8) is 0 Å². The molecule has 1 fully saturated rings. The van der Waals surface area contributed by atoms with Crippen LogP contribution in [-0.4, -0.2) is 30.6 Å². The van der Waals surface area contributed by atoms with Gasteiger partial charge < -0.3 is 15.8 Å². The molecule has 20 heavy (non-hydrogen) atoms. The van der Waals surface area contributed by atoms with Gasteiger partial charge in [0.15, 0.2) is 0 Å². The van der Waals surface area contributed by atoms with E-state index in [2.05, 4.69) is 21.2 Å². The van der Waals surface area contributed by atoms with Crippen LogP contribution in [0.3, 0.4) is 0 Å². The third kappa shape index (κ3) is 4.05. The summed E-state index contributed by atoms with van der Waals surface area (Å²) in [4.78, 5) is 23.4. The highest BCUT2D eigenvalue weighted by molar-refractivity contribution is 9.10. The molecule has 1 saturated heterocycles. The van der Waals surface area contributed by atoms with E-state index >= 15 is 0 Å². The maximum Gasteiger partial charge on any atom is 0.249 e. The second kappa shape index (κ2) is 6.85. The largest absolute Gasteiger partial charge is 0.368 e. The van der Waals surface area contributed by atoms with Gasteiger partial charge in [0.25, 0.3) is 0 Å². The summed E-state index contributed by atoms with van der Waals surface area (Å²) in [5.41, 5.74) is 6.29. The van der Waals surface area contributed by atoms with Crippen LogP contribution in [-0.2, 0) is 20.7 Å². The van der Waals surface area contributed by atoms with Crippen LogP contribution < -0.4 is 11.1 Å². The van der Waals surface area contributed by atoms with Crippen molar-refractivity contribution in [3.05, 3.63) is 34.3 Å². The van der Waals surface area contributed by atoms with Gasteiger partial charge in [0, 0.05) is 17.5 Å². The lowest BCUT2D eigenvalue weighted by atomic mass is 10.0. The molecule has 1 aliphatic rings. The lowest BCUT2D eigenvalue weighted by Crippen LogP contribution is -2.49. The minimum atomic E-state index is -0.715. The molecule has 2 amide bonds. The summed E-state index contributed by atoms with van der Waals surface area (Å²) in [5, 5.41) is 2.67. The van der Waals surface area contributed by atoms with Gasteiger partial charge in [0.1, 0.15) is 12.1 Å². The van der Waals surface area contributed by atoms with E-state index in [1.165, 1.54) is 0 Å². The summed E-state index contributed by atoms with van der Waals surface area (Å²) in [6, 6.07) is 6.83. The second-order valence-electron chi connectivity index (χ2n) is 4.80. The molecule has 108 valence electrons. The summed E-state index contributed by atoms with van der Waals surface area (Å²) in [5.74, 6) is -0.803. The number of ether oxygens (including phenoxy) is 1. The Labute approximate surface area is 126 Å². The number of benzene rings is 1. The van der Waals surface area contributed by atoms with Crippen LogP contribution in [0.1, 0.15) is 18.4 Å². The number of hydrogen-bond donors (Lipinski definition) is 2. The van der Waals surface area contributed by atoms with Gasteiger partial charge in [-0.15, -0.1) is 0 Å². The number of rotatable bonds is 5. The van der Waals surface area contributed by atoms with Crippen molar-refractivity contribution in [3.8, 4) is 0 Å². The van der Waals surface area contributed by atoms with Crippen LogP contribution in [0.4, 0.5) is 0 Å². The third-order valence-corrected chi connectivity index (χ3v) is 3.76. The van der Waals surface area contributed by atoms with Crippen LogP contribution in [0.25, 0.3) is 0 Å². The summed E-state index contributed by atoms with van der Waals surface area (Å²) in [6.45, 7) is 0.589. The summed E-state index contributed by atoms with van der Waals surface area (Å²) < 4.78 is 6.25.